The van der Waals surface area contributed by atoms with Crippen LogP contribution in [0.4, 0.5) is 5.69 Å². The fraction of sp³-hybridized carbons (Fsp3) is 0.269. The van der Waals surface area contributed by atoms with Crippen molar-refractivity contribution in [3.05, 3.63) is 94.4 Å². The molecule has 0 unspecified atom stereocenters. The van der Waals surface area contributed by atoms with Crippen molar-refractivity contribution in [3.63, 3.8) is 0 Å². The minimum Gasteiger partial charge on any atom is -0.484 e. The van der Waals surface area contributed by atoms with Crippen LogP contribution in [-0.2, 0) is 11.3 Å². The molecule has 168 valence electrons. The molecule has 1 fully saturated rings. The third kappa shape index (κ3) is 4.39. The normalized spacial score (nSPS) is 18.8. The topological polar surface area (TPSA) is 80.6 Å². The van der Waals surface area contributed by atoms with E-state index in [0.717, 1.165) is 12.1 Å². The van der Waals surface area contributed by atoms with Crippen LogP contribution in [0.2, 0.25) is 0 Å². The summed E-state index contributed by atoms with van der Waals surface area (Å²) in [7, 11) is 0. The minimum atomic E-state index is -0.382. The van der Waals surface area contributed by atoms with E-state index < -0.39 is 0 Å². The number of anilines is 1. The van der Waals surface area contributed by atoms with Gasteiger partial charge < -0.3 is 19.5 Å². The van der Waals surface area contributed by atoms with Crippen molar-refractivity contribution in [1.29, 1.82) is 0 Å². The first-order valence-electron chi connectivity index (χ1n) is 11.1. The Morgan fingerprint density at radius 2 is 1.64 bits per heavy atom. The van der Waals surface area contributed by atoms with Crippen LogP contribution >= 0.6 is 0 Å². The number of hydrogen-bond acceptors (Lipinski definition) is 4. The maximum absolute atomic E-state index is 13.1. The van der Waals surface area contributed by atoms with Crippen molar-refractivity contribution >= 4 is 17.5 Å². The lowest BCUT2D eigenvalue weighted by Gasteiger charge is -2.43. The number of ether oxygens (including phenoxy) is 1. The second kappa shape index (κ2) is 8.94. The maximum Gasteiger partial charge on any atom is 0.274 e. The molecule has 3 aromatic rings. The second-order valence-electron chi connectivity index (χ2n) is 8.61. The molecule has 1 N–H and O–H groups in total. The molecule has 33 heavy (non-hydrogen) atoms. The molecule has 2 amide bonds. The predicted octanol–water partition coefficient (Wildman–Crippen LogP) is 3.13. The summed E-state index contributed by atoms with van der Waals surface area (Å²) in [4.78, 5) is 40.3. The highest BCUT2D eigenvalue weighted by molar-refractivity contribution is 5.94. The van der Waals surface area contributed by atoms with Crippen molar-refractivity contribution in [2.75, 3.05) is 25.0 Å². The minimum absolute atomic E-state index is 0.0309. The SMILES string of the molecule is O=C(COc1ccccc1)Nc1ccc2n(c1=O)C[C@H]1C[C@@H]2CN(C(=O)c2ccccc2)C1. The Hall–Kier alpha value is -3.87. The zero-order valence-corrected chi connectivity index (χ0v) is 18.1. The average Bonchev–Trinajstić information content (AvgIpc) is 2.85. The molecule has 2 aliphatic heterocycles. The fourth-order valence-electron chi connectivity index (χ4n) is 4.82. The van der Waals surface area contributed by atoms with E-state index in [1.807, 2.05) is 59.5 Å². The van der Waals surface area contributed by atoms with Crippen molar-refractivity contribution in [3.8, 4) is 5.75 Å². The van der Waals surface area contributed by atoms with Crippen molar-refractivity contribution < 1.29 is 14.3 Å². The van der Waals surface area contributed by atoms with Gasteiger partial charge in [0.25, 0.3) is 17.4 Å². The smallest absolute Gasteiger partial charge is 0.274 e. The predicted molar refractivity (Wildman–Crippen MR) is 124 cm³/mol. The van der Waals surface area contributed by atoms with E-state index in [9.17, 15) is 14.4 Å². The number of carbonyl (C=O) groups excluding carboxylic acids is 2. The summed E-state index contributed by atoms with van der Waals surface area (Å²) >= 11 is 0. The van der Waals surface area contributed by atoms with Gasteiger partial charge in [0.1, 0.15) is 11.4 Å². The summed E-state index contributed by atoms with van der Waals surface area (Å²) in [5.41, 5.74) is 1.64. The van der Waals surface area contributed by atoms with Crippen molar-refractivity contribution in [2.45, 2.75) is 18.9 Å². The third-order valence-corrected chi connectivity index (χ3v) is 6.30. The summed E-state index contributed by atoms with van der Waals surface area (Å²) in [6.45, 7) is 1.57. The largest absolute Gasteiger partial charge is 0.484 e. The summed E-state index contributed by atoms with van der Waals surface area (Å²) < 4.78 is 7.23. The number of para-hydroxylation sites is 1. The summed E-state index contributed by atoms with van der Waals surface area (Å²) in [5, 5.41) is 2.68. The molecule has 0 aliphatic carbocycles. The van der Waals surface area contributed by atoms with Crippen LogP contribution in [-0.4, -0.2) is 41.0 Å². The van der Waals surface area contributed by atoms with E-state index >= 15 is 0 Å². The molecule has 1 saturated heterocycles. The van der Waals surface area contributed by atoms with Gasteiger partial charge in [0.05, 0.1) is 0 Å². The van der Waals surface area contributed by atoms with Gasteiger partial charge in [0, 0.05) is 36.8 Å². The molecule has 2 aliphatic rings. The van der Waals surface area contributed by atoms with Gasteiger partial charge in [-0.05, 0) is 48.7 Å². The molecule has 0 radical (unpaired) electrons. The molecule has 2 bridgehead atoms. The summed E-state index contributed by atoms with van der Waals surface area (Å²) in [5.74, 6) is 0.547. The van der Waals surface area contributed by atoms with Gasteiger partial charge in [-0.25, -0.2) is 0 Å². The van der Waals surface area contributed by atoms with Gasteiger partial charge in [0.2, 0.25) is 0 Å². The highest BCUT2D eigenvalue weighted by Gasteiger charge is 2.37. The number of pyridine rings is 1. The van der Waals surface area contributed by atoms with Crippen LogP contribution in [0.25, 0.3) is 0 Å². The van der Waals surface area contributed by atoms with Crippen LogP contribution in [0.5, 0.6) is 5.75 Å². The summed E-state index contributed by atoms with van der Waals surface area (Å²) in [6, 6.07) is 21.9. The van der Waals surface area contributed by atoms with Crippen LogP contribution in [0, 0.1) is 5.92 Å². The molecular weight excluding hydrogens is 418 g/mol. The molecule has 2 aromatic carbocycles. The van der Waals surface area contributed by atoms with Gasteiger partial charge in [-0.2, -0.15) is 0 Å². The summed E-state index contributed by atoms with van der Waals surface area (Å²) in [6.07, 6.45) is 0.953. The Kier molecular flexibility index (Phi) is 5.69. The quantitative estimate of drug-likeness (QED) is 0.657. The zero-order valence-electron chi connectivity index (χ0n) is 18.1. The number of benzene rings is 2. The number of nitrogens with zero attached hydrogens (tertiary/aromatic N) is 2. The van der Waals surface area contributed by atoms with Gasteiger partial charge in [-0.3, -0.25) is 14.4 Å². The lowest BCUT2D eigenvalue weighted by Crippen LogP contribution is -2.49. The number of fused-ring (bicyclic) bond motifs is 4. The molecule has 7 nitrogen and oxygen atoms in total. The maximum atomic E-state index is 13.1. The van der Waals surface area contributed by atoms with E-state index in [1.54, 1.807) is 22.8 Å². The van der Waals surface area contributed by atoms with E-state index in [0.29, 0.717) is 30.9 Å². The van der Waals surface area contributed by atoms with Crippen molar-refractivity contribution in [1.82, 2.24) is 9.47 Å². The fourth-order valence-corrected chi connectivity index (χ4v) is 4.82. The van der Waals surface area contributed by atoms with E-state index in [1.165, 1.54) is 0 Å². The Bertz CT molecular complexity index is 1220. The number of rotatable bonds is 5. The molecule has 1 aromatic heterocycles. The van der Waals surface area contributed by atoms with E-state index in [4.69, 9.17) is 4.74 Å². The standard InChI is InChI=1S/C26H25N3O4/c30-24(17-33-21-9-5-2-6-10-21)27-22-11-12-23-20-13-18(15-29(23)26(22)32)14-28(16-20)25(31)19-7-3-1-4-8-19/h1-12,18,20H,13-17H2,(H,27,30)/t18-,20+/m0/s1. The van der Waals surface area contributed by atoms with Gasteiger partial charge in [-0.15, -0.1) is 0 Å². The van der Waals surface area contributed by atoms with Crippen LogP contribution in [0.15, 0.2) is 77.6 Å². The van der Waals surface area contributed by atoms with Crippen LogP contribution in [0.3, 0.4) is 0 Å². The molecule has 7 heteroatoms. The zero-order chi connectivity index (χ0) is 22.8. The first kappa shape index (κ1) is 21.0. The third-order valence-electron chi connectivity index (χ3n) is 6.30. The van der Waals surface area contributed by atoms with Gasteiger partial charge in [0.15, 0.2) is 6.61 Å². The first-order valence-corrected chi connectivity index (χ1v) is 11.1. The number of carbonyl (C=O) groups is 2. The molecule has 0 spiro atoms. The first-order chi connectivity index (χ1) is 16.1. The monoisotopic (exact) mass is 443 g/mol. The number of hydrogen-bond donors (Lipinski definition) is 1. The Morgan fingerprint density at radius 3 is 2.39 bits per heavy atom. The van der Waals surface area contributed by atoms with Crippen LogP contribution in [0.1, 0.15) is 28.4 Å². The van der Waals surface area contributed by atoms with E-state index in [2.05, 4.69) is 5.32 Å². The Labute approximate surface area is 191 Å². The van der Waals surface area contributed by atoms with Gasteiger partial charge in [-0.1, -0.05) is 36.4 Å². The molecule has 5 rings (SSSR count). The highest BCUT2D eigenvalue weighted by Crippen LogP contribution is 2.36. The number of likely N-dealkylation sites (tertiary alicyclic amines) is 1. The Balaban J connectivity index is 1.29. The van der Waals surface area contributed by atoms with Gasteiger partial charge >= 0.3 is 0 Å². The number of nitrogens with one attached hydrogen (secondary N) is 1. The second-order valence-corrected chi connectivity index (χ2v) is 8.61. The number of piperidine rings is 1. The highest BCUT2D eigenvalue weighted by atomic mass is 16.5. The number of aromatic nitrogens is 1. The van der Waals surface area contributed by atoms with Crippen LogP contribution < -0.4 is 15.6 Å². The molecule has 0 saturated carbocycles. The molecular formula is C26H25N3O4. The molecule has 3 heterocycles. The number of amides is 2. The lowest BCUT2D eigenvalue weighted by atomic mass is 9.83. The average molecular weight is 444 g/mol. The van der Waals surface area contributed by atoms with E-state index in [-0.39, 0.29) is 41.5 Å². The van der Waals surface area contributed by atoms with Crippen molar-refractivity contribution in [2.24, 2.45) is 5.92 Å². The molecule has 2 atom stereocenters. The Morgan fingerprint density at radius 1 is 0.909 bits per heavy atom. The lowest BCUT2D eigenvalue weighted by molar-refractivity contribution is -0.118.